The molecule has 3 aromatic carbocycles. The second-order valence-corrected chi connectivity index (χ2v) is 7.72. The fourth-order valence-electron chi connectivity index (χ4n) is 4.15. The maximum Gasteiger partial charge on any atom is 0.251 e. The zero-order valence-electron chi connectivity index (χ0n) is 17.3. The number of hydrogen-bond acceptors (Lipinski definition) is 3. The second-order valence-electron chi connectivity index (χ2n) is 7.72. The van der Waals surface area contributed by atoms with Crippen LogP contribution in [0.3, 0.4) is 0 Å². The SMILES string of the molecule is O=C(NCCN1CCN(C(c2ccccc2)c2ccccc2)CC1)c1ccccc1. The lowest BCUT2D eigenvalue weighted by Crippen LogP contribution is -2.49. The van der Waals surface area contributed by atoms with Crippen molar-refractivity contribution in [1.29, 1.82) is 0 Å². The summed E-state index contributed by atoms with van der Waals surface area (Å²) in [5.41, 5.74) is 3.40. The van der Waals surface area contributed by atoms with Gasteiger partial charge in [-0.2, -0.15) is 0 Å². The minimum Gasteiger partial charge on any atom is -0.351 e. The van der Waals surface area contributed by atoms with Gasteiger partial charge in [0.25, 0.3) is 5.91 Å². The summed E-state index contributed by atoms with van der Waals surface area (Å²) in [6.07, 6.45) is 0. The van der Waals surface area contributed by atoms with E-state index in [2.05, 4.69) is 75.8 Å². The number of piperazine rings is 1. The van der Waals surface area contributed by atoms with Crippen LogP contribution in [0.1, 0.15) is 27.5 Å². The van der Waals surface area contributed by atoms with Gasteiger partial charge < -0.3 is 5.32 Å². The van der Waals surface area contributed by atoms with Gasteiger partial charge >= 0.3 is 0 Å². The van der Waals surface area contributed by atoms with E-state index in [-0.39, 0.29) is 11.9 Å². The predicted octanol–water partition coefficient (Wildman–Crippen LogP) is 3.82. The fourth-order valence-corrected chi connectivity index (χ4v) is 4.15. The van der Waals surface area contributed by atoms with E-state index >= 15 is 0 Å². The standard InChI is InChI=1S/C26H29N3O/c30-26(24-14-8-3-9-15-24)27-16-17-28-18-20-29(21-19-28)25(22-10-4-1-5-11-22)23-12-6-2-7-13-23/h1-15,25H,16-21H2,(H,27,30). The van der Waals surface area contributed by atoms with Crippen LogP contribution in [0.2, 0.25) is 0 Å². The summed E-state index contributed by atoms with van der Waals surface area (Å²) >= 11 is 0. The first-order valence-electron chi connectivity index (χ1n) is 10.7. The largest absolute Gasteiger partial charge is 0.351 e. The van der Waals surface area contributed by atoms with Crippen LogP contribution in [-0.2, 0) is 0 Å². The lowest BCUT2D eigenvalue weighted by molar-refractivity contribution is 0.0921. The Labute approximate surface area is 179 Å². The lowest BCUT2D eigenvalue weighted by atomic mass is 9.96. The first-order chi connectivity index (χ1) is 14.8. The van der Waals surface area contributed by atoms with Crippen molar-refractivity contribution in [2.45, 2.75) is 6.04 Å². The van der Waals surface area contributed by atoms with Crippen molar-refractivity contribution in [3.8, 4) is 0 Å². The molecule has 4 nitrogen and oxygen atoms in total. The number of carbonyl (C=O) groups excluding carboxylic acids is 1. The molecule has 1 N–H and O–H groups in total. The van der Waals surface area contributed by atoms with Crippen molar-refractivity contribution in [2.75, 3.05) is 39.3 Å². The molecule has 0 unspecified atom stereocenters. The normalized spacial score (nSPS) is 15.2. The highest BCUT2D eigenvalue weighted by Crippen LogP contribution is 2.29. The van der Waals surface area contributed by atoms with Crippen molar-refractivity contribution in [1.82, 2.24) is 15.1 Å². The topological polar surface area (TPSA) is 35.6 Å². The van der Waals surface area contributed by atoms with E-state index in [1.54, 1.807) is 0 Å². The first-order valence-corrected chi connectivity index (χ1v) is 10.7. The summed E-state index contributed by atoms with van der Waals surface area (Å²) in [7, 11) is 0. The molecule has 0 atom stereocenters. The number of carbonyl (C=O) groups is 1. The Balaban J connectivity index is 1.32. The van der Waals surface area contributed by atoms with Crippen LogP contribution in [0.25, 0.3) is 0 Å². The molecule has 4 heteroatoms. The van der Waals surface area contributed by atoms with Crippen LogP contribution >= 0.6 is 0 Å². The molecular weight excluding hydrogens is 370 g/mol. The average Bonchev–Trinajstić information content (AvgIpc) is 2.82. The molecule has 1 aliphatic rings. The molecule has 1 heterocycles. The molecular formula is C26H29N3O. The van der Waals surface area contributed by atoms with Crippen LogP contribution in [0.15, 0.2) is 91.0 Å². The van der Waals surface area contributed by atoms with Crippen LogP contribution < -0.4 is 5.32 Å². The molecule has 4 rings (SSSR count). The highest BCUT2D eigenvalue weighted by molar-refractivity contribution is 5.94. The lowest BCUT2D eigenvalue weighted by Gasteiger charge is -2.39. The Kier molecular flexibility index (Phi) is 6.91. The molecule has 1 saturated heterocycles. The second kappa shape index (κ2) is 10.2. The third-order valence-corrected chi connectivity index (χ3v) is 5.75. The molecule has 0 bridgehead atoms. The fraction of sp³-hybridized carbons (Fsp3) is 0.269. The maximum absolute atomic E-state index is 12.2. The van der Waals surface area contributed by atoms with Gasteiger partial charge in [0.1, 0.15) is 0 Å². The van der Waals surface area contributed by atoms with Gasteiger partial charge in [-0.25, -0.2) is 0 Å². The molecule has 154 valence electrons. The van der Waals surface area contributed by atoms with Crippen LogP contribution in [0.5, 0.6) is 0 Å². The highest BCUT2D eigenvalue weighted by Gasteiger charge is 2.26. The van der Waals surface area contributed by atoms with Crippen LogP contribution in [-0.4, -0.2) is 55.0 Å². The molecule has 30 heavy (non-hydrogen) atoms. The number of nitrogens with one attached hydrogen (secondary N) is 1. The molecule has 3 aromatic rings. The van der Waals surface area contributed by atoms with Gasteiger partial charge in [0.05, 0.1) is 6.04 Å². The highest BCUT2D eigenvalue weighted by atomic mass is 16.1. The van der Waals surface area contributed by atoms with Crippen molar-refractivity contribution >= 4 is 5.91 Å². The Hall–Kier alpha value is -2.95. The van der Waals surface area contributed by atoms with E-state index in [9.17, 15) is 4.79 Å². The van der Waals surface area contributed by atoms with Crippen LogP contribution in [0.4, 0.5) is 0 Å². The molecule has 0 aliphatic carbocycles. The Morgan fingerprint density at radius 3 is 1.77 bits per heavy atom. The number of nitrogens with zero attached hydrogens (tertiary/aromatic N) is 2. The third-order valence-electron chi connectivity index (χ3n) is 5.75. The number of hydrogen-bond donors (Lipinski definition) is 1. The Morgan fingerprint density at radius 1 is 0.733 bits per heavy atom. The van der Waals surface area contributed by atoms with E-state index in [0.29, 0.717) is 6.54 Å². The first kappa shape index (κ1) is 20.3. The minimum absolute atomic E-state index is 0.00227. The number of amides is 1. The van der Waals surface area contributed by atoms with Crippen molar-refractivity contribution in [3.63, 3.8) is 0 Å². The van der Waals surface area contributed by atoms with Gasteiger partial charge in [0.15, 0.2) is 0 Å². The third kappa shape index (κ3) is 5.15. The van der Waals surface area contributed by atoms with Crippen molar-refractivity contribution in [3.05, 3.63) is 108 Å². The number of benzene rings is 3. The summed E-state index contributed by atoms with van der Waals surface area (Å²) < 4.78 is 0. The van der Waals surface area contributed by atoms with Gasteiger partial charge in [0.2, 0.25) is 0 Å². The average molecular weight is 400 g/mol. The van der Waals surface area contributed by atoms with Crippen molar-refractivity contribution in [2.24, 2.45) is 0 Å². The smallest absolute Gasteiger partial charge is 0.251 e. The quantitative estimate of drug-likeness (QED) is 0.656. The van der Waals surface area contributed by atoms with E-state index in [0.717, 1.165) is 38.3 Å². The summed E-state index contributed by atoms with van der Waals surface area (Å²) in [4.78, 5) is 17.2. The molecule has 1 aliphatic heterocycles. The van der Waals surface area contributed by atoms with E-state index < -0.39 is 0 Å². The summed E-state index contributed by atoms with van der Waals surface area (Å²) in [6, 6.07) is 31.2. The number of rotatable bonds is 7. The molecule has 1 amide bonds. The predicted molar refractivity (Wildman–Crippen MR) is 122 cm³/mol. The van der Waals surface area contributed by atoms with E-state index in [1.165, 1.54) is 11.1 Å². The molecule has 0 radical (unpaired) electrons. The van der Waals surface area contributed by atoms with Crippen molar-refractivity contribution < 1.29 is 4.79 Å². The van der Waals surface area contributed by atoms with Gasteiger partial charge in [-0.1, -0.05) is 78.9 Å². The Morgan fingerprint density at radius 2 is 1.23 bits per heavy atom. The summed E-state index contributed by atoms with van der Waals surface area (Å²) in [6.45, 7) is 5.61. The van der Waals surface area contributed by atoms with Gasteiger partial charge in [-0.05, 0) is 23.3 Å². The maximum atomic E-state index is 12.2. The molecule has 0 aromatic heterocycles. The molecule has 0 saturated carbocycles. The summed E-state index contributed by atoms with van der Waals surface area (Å²) in [5, 5.41) is 3.04. The van der Waals surface area contributed by atoms with E-state index in [1.807, 2.05) is 30.3 Å². The van der Waals surface area contributed by atoms with Gasteiger partial charge in [-0.3, -0.25) is 14.6 Å². The zero-order valence-corrected chi connectivity index (χ0v) is 17.3. The molecule has 1 fully saturated rings. The summed E-state index contributed by atoms with van der Waals surface area (Å²) in [5.74, 6) is 0.00227. The van der Waals surface area contributed by atoms with Gasteiger partial charge in [0, 0.05) is 44.8 Å². The zero-order chi connectivity index (χ0) is 20.6. The van der Waals surface area contributed by atoms with Crippen LogP contribution in [0, 0.1) is 0 Å². The Bertz CT molecular complexity index is 867. The minimum atomic E-state index is 0.00227. The van der Waals surface area contributed by atoms with E-state index in [4.69, 9.17) is 0 Å². The van der Waals surface area contributed by atoms with Gasteiger partial charge in [-0.15, -0.1) is 0 Å². The monoisotopic (exact) mass is 399 g/mol. The molecule has 0 spiro atoms.